The van der Waals surface area contributed by atoms with E-state index < -0.39 is 17.3 Å². The monoisotopic (exact) mass is 247 g/mol. The third-order valence-corrected chi connectivity index (χ3v) is 2.15. The summed E-state index contributed by atoms with van der Waals surface area (Å²) in [4.78, 5) is 10.9. The first-order valence-electron chi connectivity index (χ1n) is 3.96. The summed E-state index contributed by atoms with van der Waals surface area (Å²) in [5, 5.41) is 2.96. The Hall–Kier alpha value is -1.11. The number of hydrogen-bond donors (Lipinski definition) is 2. The molecule has 0 aliphatic heterocycles. The van der Waals surface area contributed by atoms with Crippen molar-refractivity contribution in [1.29, 1.82) is 0 Å². The fraction of sp³-hybridized carbons (Fsp3) is 0.125. The van der Waals surface area contributed by atoms with E-state index in [4.69, 9.17) is 11.6 Å². The number of nitrogens with one attached hydrogen (secondary N) is 2. The maximum atomic E-state index is 10.9. The van der Waals surface area contributed by atoms with Gasteiger partial charge in [0.2, 0.25) is 0 Å². The van der Waals surface area contributed by atoms with Gasteiger partial charge in [-0.2, -0.15) is 0 Å². The van der Waals surface area contributed by atoms with Gasteiger partial charge < -0.3 is 9.87 Å². The Balaban J connectivity index is 2.40. The number of amides is 2. The topological polar surface area (TPSA) is 81.3 Å². The smallest absolute Gasteiger partial charge is 0.326 e. The summed E-state index contributed by atoms with van der Waals surface area (Å²) in [6.07, 6.45) is 0. The minimum Gasteiger partial charge on any atom is -0.755 e. The van der Waals surface area contributed by atoms with E-state index in [1.165, 1.54) is 0 Å². The molecule has 0 saturated carbocycles. The summed E-state index contributed by atoms with van der Waals surface area (Å²) in [7, 11) is 0. The van der Waals surface area contributed by atoms with E-state index in [-0.39, 0.29) is 6.54 Å². The number of halogens is 1. The molecule has 82 valence electrons. The summed E-state index contributed by atoms with van der Waals surface area (Å²) < 4.78 is 21.8. The summed E-state index contributed by atoms with van der Waals surface area (Å²) >= 11 is 3.07. The van der Waals surface area contributed by atoms with E-state index in [0.717, 1.165) is 5.56 Å². The van der Waals surface area contributed by atoms with Crippen LogP contribution in [0.4, 0.5) is 4.79 Å². The van der Waals surface area contributed by atoms with Gasteiger partial charge >= 0.3 is 6.03 Å². The normalized spacial score (nSPS) is 11.9. The van der Waals surface area contributed by atoms with Crippen LogP contribution in [-0.4, -0.2) is 14.8 Å². The van der Waals surface area contributed by atoms with Gasteiger partial charge in [0.05, 0.1) is 0 Å². The highest BCUT2D eigenvalue weighted by atomic mass is 35.5. The second kappa shape index (κ2) is 5.69. The SMILES string of the molecule is O=C(NCc1ccc(Cl)cc1)NS(=O)[O-]. The molecule has 1 rings (SSSR count). The molecule has 1 aromatic carbocycles. The number of rotatable bonds is 3. The van der Waals surface area contributed by atoms with Crippen LogP contribution in [-0.2, 0) is 17.8 Å². The second-order valence-electron chi connectivity index (χ2n) is 2.65. The van der Waals surface area contributed by atoms with Crippen LogP contribution in [0.25, 0.3) is 0 Å². The van der Waals surface area contributed by atoms with Gasteiger partial charge in [-0.25, -0.2) is 4.79 Å². The number of carbonyl (C=O) groups excluding carboxylic acids is 1. The number of hydrogen-bond acceptors (Lipinski definition) is 3. The molecular formula is C8H8ClN2O3S-. The molecule has 0 aliphatic carbocycles. The fourth-order valence-electron chi connectivity index (χ4n) is 0.896. The Kier molecular flexibility index (Phi) is 4.54. The maximum absolute atomic E-state index is 10.9. The van der Waals surface area contributed by atoms with Gasteiger partial charge in [0.25, 0.3) is 0 Å². The largest absolute Gasteiger partial charge is 0.755 e. The maximum Gasteiger partial charge on any atom is 0.326 e. The van der Waals surface area contributed by atoms with Crippen molar-refractivity contribution in [3.8, 4) is 0 Å². The molecule has 2 N–H and O–H groups in total. The van der Waals surface area contributed by atoms with Gasteiger partial charge in [-0.15, -0.1) is 0 Å². The second-order valence-corrected chi connectivity index (χ2v) is 3.76. The highest BCUT2D eigenvalue weighted by Gasteiger charge is 1.99. The van der Waals surface area contributed by atoms with Crippen LogP contribution >= 0.6 is 11.6 Å². The van der Waals surface area contributed by atoms with Crippen LogP contribution in [0.1, 0.15) is 5.56 Å². The number of benzene rings is 1. The van der Waals surface area contributed by atoms with E-state index in [1.807, 2.05) is 0 Å². The van der Waals surface area contributed by atoms with E-state index in [9.17, 15) is 13.6 Å². The molecule has 15 heavy (non-hydrogen) atoms. The zero-order valence-electron chi connectivity index (χ0n) is 7.53. The zero-order valence-corrected chi connectivity index (χ0v) is 9.10. The fourth-order valence-corrected chi connectivity index (χ4v) is 1.25. The van der Waals surface area contributed by atoms with Crippen molar-refractivity contribution in [3.63, 3.8) is 0 Å². The first kappa shape index (κ1) is 12.0. The van der Waals surface area contributed by atoms with Crippen LogP contribution < -0.4 is 10.0 Å². The third-order valence-electron chi connectivity index (χ3n) is 1.54. The molecule has 0 heterocycles. The van der Waals surface area contributed by atoms with Gasteiger partial charge in [-0.05, 0) is 17.7 Å². The average molecular weight is 248 g/mol. The molecule has 5 nitrogen and oxygen atoms in total. The number of carbonyl (C=O) groups is 1. The molecule has 0 aromatic heterocycles. The first-order valence-corrected chi connectivity index (χ1v) is 5.41. The summed E-state index contributed by atoms with van der Waals surface area (Å²) in [6, 6.07) is 6.07. The molecule has 1 aromatic rings. The molecule has 7 heteroatoms. The van der Waals surface area contributed by atoms with Gasteiger partial charge in [0.15, 0.2) is 0 Å². The number of urea groups is 1. The van der Waals surface area contributed by atoms with Crippen molar-refractivity contribution < 1.29 is 13.6 Å². The van der Waals surface area contributed by atoms with Crippen LogP contribution in [0.3, 0.4) is 0 Å². The lowest BCUT2D eigenvalue weighted by Crippen LogP contribution is -2.35. The van der Waals surface area contributed by atoms with Gasteiger partial charge in [0.1, 0.15) is 0 Å². The molecule has 2 amide bonds. The molecule has 1 unspecified atom stereocenters. The highest BCUT2D eigenvalue weighted by molar-refractivity contribution is 7.77. The molecule has 0 spiro atoms. The van der Waals surface area contributed by atoms with E-state index in [2.05, 4.69) is 5.32 Å². The average Bonchev–Trinajstić information content (AvgIpc) is 2.16. The van der Waals surface area contributed by atoms with Crippen molar-refractivity contribution in [3.05, 3.63) is 34.9 Å². The van der Waals surface area contributed by atoms with Crippen molar-refractivity contribution in [2.75, 3.05) is 0 Å². The van der Waals surface area contributed by atoms with Crippen molar-refractivity contribution in [2.24, 2.45) is 0 Å². The molecule has 0 radical (unpaired) electrons. The predicted octanol–water partition coefficient (Wildman–Crippen LogP) is 0.933. The Bertz CT molecular complexity index is 369. The van der Waals surface area contributed by atoms with Gasteiger partial charge in [0, 0.05) is 22.8 Å². The predicted molar refractivity (Wildman–Crippen MR) is 55.7 cm³/mol. The van der Waals surface area contributed by atoms with Crippen LogP contribution in [0.5, 0.6) is 0 Å². The Morgan fingerprint density at radius 3 is 2.53 bits per heavy atom. The molecule has 0 fully saturated rings. The molecule has 0 aliphatic rings. The highest BCUT2D eigenvalue weighted by Crippen LogP contribution is 2.08. The summed E-state index contributed by atoms with van der Waals surface area (Å²) in [6.45, 7) is 0.236. The molecule has 0 bridgehead atoms. The Morgan fingerprint density at radius 2 is 2.00 bits per heavy atom. The summed E-state index contributed by atoms with van der Waals surface area (Å²) in [5.41, 5.74) is 0.825. The van der Waals surface area contributed by atoms with Crippen molar-refractivity contribution in [1.82, 2.24) is 10.0 Å². The lowest BCUT2D eigenvalue weighted by atomic mass is 10.2. The zero-order chi connectivity index (χ0) is 11.3. The quantitative estimate of drug-likeness (QED) is 0.780. The minimum absolute atomic E-state index is 0.236. The van der Waals surface area contributed by atoms with Crippen molar-refractivity contribution in [2.45, 2.75) is 6.54 Å². The van der Waals surface area contributed by atoms with Crippen LogP contribution in [0.2, 0.25) is 5.02 Å². The third kappa shape index (κ3) is 4.78. The molecule has 0 saturated heterocycles. The van der Waals surface area contributed by atoms with Crippen molar-refractivity contribution >= 4 is 28.9 Å². The Labute approximate surface area is 94.2 Å². The molecular weight excluding hydrogens is 240 g/mol. The van der Waals surface area contributed by atoms with E-state index >= 15 is 0 Å². The van der Waals surface area contributed by atoms with E-state index in [1.54, 1.807) is 29.0 Å². The summed E-state index contributed by atoms with van der Waals surface area (Å²) in [5.74, 6) is 0. The molecule has 1 atom stereocenters. The van der Waals surface area contributed by atoms with Crippen LogP contribution in [0.15, 0.2) is 24.3 Å². The minimum atomic E-state index is -2.59. The standard InChI is InChI=1S/C8H9ClN2O3S/c9-7-3-1-6(2-4-7)5-10-8(12)11-15(13)14/h1-4H,5H2,(H,13,14)(H2,10,11,12)/p-1. The van der Waals surface area contributed by atoms with Gasteiger partial charge in [-0.1, -0.05) is 23.7 Å². The van der Waals surface area contributed by atoms with E-state index in [0.29, 0.717) is 5.02 Å². The van der Waals surface area contributed by atoms with Gasteiger partial charge in [-0.3, -0.25) is 8.93 Å². The first-order chi connectivity index (χ1) is 7.08. The lowest BCUT2D eigenvalue weighted by molar-refractivity contribution is 0.245. The lowest BCUT2D eigenvalue weighted by Gasteiger charge is -2.08. The van der Waals surface area contributed by atoms with Crippen LogP contribution in [0, 0.1) is 0 Å². The Morgan fingerprint density at radius 1 is 1.40 bits per heavy atom.